The molecule has 0 bridgehead atoms. The Morgan fingerprint density at radius 1 is 1.38 bits per heavy atom. The van der Waals surface area contributed by atoms with Crippen LogP contribution in [-0.4, -0.2) is 37.8 Å². The minimum Gasteiger partial charge on any atom is -0.491 e. The molecule has 0 aliphatic heterocycles. The predicted molar refractivity (Wildman–Crippen MR) is 101 cm³/mol. The Hall–Kier alpha value is -3.00. The smallest absolute Gasteiger partial charge is 0.409 e. The molecule has 0 atom stereocenters. The van der Waals surface area contributed by atoms with Gasteiger partial charge in [-0.2, -0.15) is 5.26 Å². The van der Waals surface area contributed by atoms with Crippen molar-refractivity contribution in [3.05, 3.63) is 66.8 Å². The Morgan fingerprint density at radius 3 is 2.73 bits per heavy atom. The molecule has 1 aromatic rings. The number of nitriles is 1. The molecule has 0 heterocycles. The first kappa shape index (κ1) is 19.3. The number of ether oxygens (including phenoxy) is 2. The number of benzene rings is 1. The van der Waals surface area contributed by atoms with Gasteiger partial charge in [-0.25, -0.2) is 4.79 Å². The maximum atomic E-state index is 12.0. The number of carbonyl (C=O) groups excluding carboxylic acids is 1. The van der Waals surface area contributed by atoms with Crippen LogP contribution in [0.4, 0.5) is 4.79 Å². The summed E-state index contributed by atoms with van der Waals surface area (Å²) in [4.78, 5) is 13.5. The lowest BCUT2D eigenvalue weighted by atomic mass is 9.97. The number of rotatable bonds is 9. The van der Waals surface area contributed by atoms with Gasteiger partial charge in [0.25, 0.3) is 0 Å². The van der Waals surface area contributed by atoms with Crippen LogP contribution >= 0.6 is 0 Å². The Kier molecular flexibility index (Phi) is 6.62. The third-order valence-corrected chi connectivity index (χ3v) is 4.32. The Bertz CT molecular complexity index is 742. The van der Waals surface area contributed by atoms with Crippen molar-refractivity contribution in [3.63, 3.8) is 0 Å². The molecule has 1 saturated carbocycles. The standard InChI is InChI=1S/C21H24N2O3/c1-4-8-17(5-2)15-26-20(24)23(3)13-14-25-19-10-7-6-9-18(19)21(16-22)11-12-21/h4-10H,1-2,11-15H2,3H3/b17-8+. The average Bonchev–Trinajstić information content (AvgIpc) is 3.46. The molecular weight excluding hydrogens is 328 g/mol. The molecular formula is C21H24N2O3. The average molecular weight is 352 g/mol. The molecule has 5 nitrogen and oxygen atoms in total. The number of para-hydroxylation sites is 1. The van der Waals surface area contributed by atoms with E-state index in [0.717, 1.165) is 24.0 Å². The Balaban J connectivity index is 1.84. The van der Waals surface area contributed by atoms with E-state index < -0.39 is 11.5 Å². The number of allylic oxidation sites excluding steroid dienone is 2. The zero-order chi connectivity index (χ0) is 19.0. The van der Waals surface area contributed by atoms with Crippen molar-refractivity contribution in [2.75, 3.05) is 26.8 Å². The van der Waals surface area contributed by atoms with Crippen molar-refractivity contribution in [1.29, 1.82) is 5.26 Å². The molecule has 1 fully saturated rings. The number of hydrogen-bond donors (Lipinski definition) is 0. The van der Waals surface area contributed by atoms with Crippen LogP contribution in [-0.2, 0) is 10.2 Å². The van der Waals surface area contributed by atoms with Gasteiger partial charge < -0.3 is 14.4 Å². The van der Waals surface area contributed by atoms with Crippen LogP contribution in [0, 0.1) is 11.3 Å². The zero-order valence-electron chi connectivity index (χ0n) is 15.1. The van der Waals surface area contributed by atoms with E-state index in [-0.39, 0.29) is 6.61 Å². The number of likely N-dealkylation sites (N-methyl/N-ethyl adjacent to an activating group) is 1. The van der Waals surface area contributed by atoms with Crippen LogP contribution in [0.2, 0.25) is 0 Å². The predicted octanol–water partition coefficient (Wildman–Crippen LogP) is 3.99. The lowest BCUT2D eigenvalue weighted by Crippen LogP contribution is -2.32. The summed E-state index contributed by atoms with van der Waals surface area (Å²) in [6, 6.07) is 9.98. The van der Waals surface area contributed by atoms with Crippen molar-refractivity contribution in [1.82, 2.24) is 4.90 Å². The molecule has 2 rings (SSSR count). The van der Waals surface area contributed by atoms with Crippen molar-refractivity contribution in [2.45, 2.75) is 18.3 Å². The highest BCUT2D eigenvalue weighted by Gasteiger charge is 2.46. The highest BCUT2D eigenvalue weighted by molar-refractivity contribution is 5.67. The second-order valence-corrected chi connectivity index (χ2v) is 6.20. The number of nitrogens with zero attached hydrogens (tertiary/aromatic N) is 2. The second kappa shape index (κ2) is 8.91. The van der Waals surface area contributed by atoms with Gasteiger partial charge in [0, 0.05) is 12.6 Å². The first-order valence-corrected chi connectivity index (χ1v) is 8.52. The van der Waals surface area contributed by atoms with Gasteiger partial charge in [-0.05, 0) is 24.5 Å². The maximum absolute atomic E-state index is 12.0. The molecule has 0 radical (unpaired) electrons. The summed E-state index contributed by atoms with van der Waals surface area (Å²) in [5.41, 5.74) is 1.30. The summed E-state index contributed by atoms with van der Waals surface area (Å²) in [5, 5.41) is 9.39. The summed E-state index contributed by atoms with van der Waals surface area (Å²) in [5.74, 6) is 0.705. The highest BCUT2D eigenvalue weighted by atomic mass is 16.6. The minimum absolute atomic E-state index is 0.146. The van der Waals surface area contributed by atoms with E-state index in [1.54, 1.807) is 25.3 Å². The van der Waals surface area contributed by atoms with E-state index in [1.807, 2.05) is 24.3 Å². The van der Waals surface area contributed by atoms with Gasteiger partial charge in [0.05, 0.1) is 18.0 Å². The normalized spacial score (nSPS) is 14.7. The van der Waals surface area contributed by atoms with Gasteiger partial charge in [-0.3, -0.25) is 0 Å². The fourth-order valence-electron chi connectivity index (χ4n) is 2.52. The third kappa shape index (κ3) is 4.76. The molecule has 1 aliphatic rings. The topological polar surface area (TPSA) is 62.6 Å². The molecule has 0 spiro atoms. The molecule has 136 valence electrons. The minimum atomic E-state index is -0.436. The Labute approximate surface area is 154 Å². The van der Waals surface area contributed by atoms with Crippen molar-refractivity contribution in [2.24, 2.45) is 0 Å². The molecule has 26 heavy (non-hydrogen) atoms. The quantitative estimate of drug-likeness (QED) is 0.631. The van der Waals surface area contributed by atoms with Gasteiger partial charge >= 0.3 is 6.09 Å². The zero-order valence-corrected chi connectivity index (χ0v) is 15.1. The van der Waals surface area contributed by atoms with Gasteiger partial charge in [0.15, 0.2) is 0 Å². The maximum Gasteiger partial charge on any atom is 0.409 e. The largest absolute Gasteiger partial charge is 0.491 e. The van der Waals surface area contributed by atoms with E-state index in [2.05, 4.69) is 19.2 Å². The lowest BCUT2D eigenvalue weighted by molar-refractivity contribution is 0.114. The molecule has 1 aliphatic carbocycles. The fourth-order valence-corrected chi connectivity index (χ4v) is 2.52. The van der Waals surface area contributed by atoms with Crippen molar-refractivity contribution < 1.29 is 14.3 Å². The third-order valence-electron chi connectivity index (χ3n) is 4.32. The van der Waals surface area contributed by atoms with E-state index in [4.69, 9.17) is 9.47 Å². The van der Waals surface area contributed by atoms with Crippen molar-refractivity contribution >= 4 is 6.09 Å². The van der Waals surface area contributed by atoms with E-state index in [1.165, 1.54) is 4.90 Å². The fraction of sp³-hybridized carbons (Fsp3) is 0.333. The molecule has 0 saturated heterocycles. The molecule has 0 aromatic heterocycles. The van der Waals surface area contributed by atoms with E-state index in [0.29, 0.717) is 18.9 Å². The molecule has 1 amide bonds. The molecule has 5 heteroatoms. The first-order valence-electron chi connectivity index (χ1n) is 8.52. The lowest BCUT2D eigenvalue weighted by Gasteiger charge is -2.19. The summed E-state index contributed by atoms with van der Waals surface area (Å²) < 4.78 is 11.0. The highest BCUT2D eigenvalue weighted by Crippen LogP contribution is 2.50. The summed E-state index contributed by atoms with van der Waals surface area (Å²) in [7, 11) is 1.65. The van der Waals surface area contributed by atoms with Crippen LogP contribution in [0.15, 0.2) is 61.2 Å². The van der Waals surface area contributed by atoms with Gasteiger partial charge in [0.1, 0.15) is 19.0 Å². The van der Waals surface area contributed by atoms with Crippen LogP contribution in [0.5, 0.6) is 5.75 Å². The molecule has 0 N–H and O–H groups in total. The molecule has 0 unspecified atom stereocenters. The van der Waals surface area contributed by atoms with Crippen molar-refractivity contribution in [3.8, 4) is 11.8 Å². The van der Waals surface area contributed by atoms with E-state index in [9.17, 15) is 10.1 Å². The number of carbonyl (C=O) groups is 1. The SMILES string of the molecule is C=C/C=C(\C=C)COC(=O)N(C)CCOc1ccccc1C1(C#N)CC1. The van der Waals surface area contributed by atoms with Gasteiger partial charge in [0.2, 0.25) is 0 Å². The number of amides is 1. The second-order valence-electron chi connectivity index (χ2n) is 6.20. The van der Waals surface area contributed by atoms with Gasteiger partial charge in [-0.15, -0.1) is 0 Å². The van der Waals surface area contributed by atoms with E-state index >= 15 is 0 Å². The monoisotopic (exact) mass is 352 g/mol. The van der Waals surface area contributed by atoms with Crippen LogP contribution in [0.25, 0.3) is 0 Å². The first-order chi connectivity index (χ1) is 12.6. The summed E-state index contributed by atoms with van der Waals surface area (Å²) in [6.45, 7) is 8.11. The Morgan fingerprint density at radius 2 is 2.12 bits per heavy atom. The summed E-state index contributed by atoms with van der Waals surface area (Å²) in [6.07, 6.45) is 6.27. The molecule has 1 aromatic carbocycles. The van der Waals surface area contributed by atoms with Gasteiger partial charge in [-0.1, -0.05) is 49.6 Å². The van der Waals surface area contributed by atoms with Crippen LogP contribution in [0.3, 0.4) is 0 Å². The van der Waals surface area contributed by atoms with Crippen LogP contribution < -0.4 is 4.74 Å². The number of hydrogen-bond acceptors (Lipinski definition) is 4. The summed E-state index contributed by atoms with van der Waals surface area (Å²) >= 11 is 0. The van der Waals surface area contributed by atoms with Crippen LogP contribution in [0.1, 0.15) is 18.4 Å².